The molecule has 0 aromatic heterocycles. The van der Waals surface area contributed by atoms with Crippen LogP contribution in [0.15, 0.2) is 34.8 Å². The van der Waals surface area contributed by atoms with E-state index in [1.807, 2.05) is 25.1 Å². The molecule has 0 spiro atoms. The van der Waals surface area contributed by atoms with E-state index in [-0.39, 0.29) is 5.91 Å². The Morgan fingerprint density at radius 3 is 2.75 bits per heavy atom. The first-order valence-electron chi connectivity index (χ1n) is 8.98. The first-order valence-corrected chi connectivity index (χ1v) is 10.1. The molecule has 1 aliphatic rings. The Kier molecular flexibility index (Phi) is 7.04. The van der Waals surface area contributed by atoms with E-state index in [9.17, 15) is 4.79 Å². The molecule has 2 aromatic rings. The highest BCUT2D eigenvalue weighted by Crippen LogP contribution is 2.38. The topological polar surface area (TPSA) is 60.0 Å². The third kappa shape index (κ3) is 4.54. The third-order valence-electron chi connectivity index (χ3n) is 4.34. The zero-order valence-corrected chi connectivity index (χ0v) is 18.1. The van der Waals surface area contributed by atoms with E-state index in [1.54, 1.807) is 19.2 Å². The van der Waals surface area contributed by atoms with Crippen LogP contribution < -0.4 is 19.7 Å². The molecule has 2 aromatic carbocycles. The quantitative estimate of drug-likeness (QED) is 0.670. The number of anilines is 2. The molecule has 150 valence electrons. The number of halogens is 2. The van der Waals surface area contributed by atoms with Gasteiger partial charge in [0.1, 0.15) is 0 Å². The average molecular weight is 470 g/mol. The van der Waals surface area contributed by atoms with Crippen molar-refractivity contribution in [3.05, 3.63) is 45.4 Å². The zero-order valence-electron chi connectivity index (χ0n) is 15.8. The van der Waals surface area contributed by atoms with Gasteiger partial charge in [-0.3, -0.25) is 4.79 Å². The van der Waals surface area contributed by atoms with Gasteiger partial charge in [0.25, 0.3) is 5.91 Å². The molecule has 0 radical (unpaired) electrons. The van der Waals surface area contributed by atoms with Crippen molar-refractivity contribution in [2.75, 3.05) is 50.2 Å². The highest BCUT2D eigenvalue weighted by atomic mass is 79.9. The summed E-state index contributed by atoms with van der Waals surface area (Å²) in [5, 5.41) is 3.56. The number of morpholine rings is 1. The van der Waals surface area contributed by atoms with Crippen LogP contribution in [-0.4, -0.2) is 45.9 Å². The van der Waals surface area contributed by atoms with Crippen molar-refractivity contribution in [3.63, 3.8) is 0 Å². The summed E-state index contributed by atoms with van der Waals surface area (Å²) < 4.78 is 17.0. The van der Waals surface area contributed by atoms with Crippen LogP contribution in [0.25, 0.3) is 0 Å². The summed E-state index contributed by atoms with van der Waals surface area (Å²) in [5.41, 5.74) is 1.90. The van der Waals surface area contributed by atoms with E-state index in [2.05, 4.69) is 26.1 Å². The van der Waals surface area contributed by atoms with Crippen LogP contribution in [0.3, 0.4) is 0 Å². The minimum Gasteiger partial charge on any atom is -0.493 e. The Hall–Kier alpha value is -1.96. The van der Waals surface area contributed by atoms with E-state index < -0.39 is 0 Å². The van der Waals surface area contributed by atoms with Crippen LogP contribution in [0.1, 0.15) is 17.3 Å². The summed E-state index contributed by atoms with van der Waals surface area (Å²) >= 11 is 9.90. The Labute approximate surface area is 177 Å². The first kappa shape index (κ1) is 20.8. The van der Waals surface area contributed by atoms with E-state index in [4.69, 9.17) is 25.8 Å². The molecule has 8 heteroatoms. The third-order valence-corrected chi connectivity index (χ3v) is 5.24. The highest BCUT2D eigenvalue weighted by molar-refractivity contribution is 9.10. The van der Waals surface area contributed by atoms with Crippen molar-refractivity contribution in [3.8, 4) is 11.5 Å². The van der Waals surface area contributed by atoms with Crippen LogP contribution >= 0.6 is 27.5 Å². The van der Waals surface area contributed by atoms with Crippen LogP contribution in [0, 0.1) is 0 Å². The molecule has 28 heavy (non-hydrogen) atoms. The van der Waals surface area contributed by atoms with Crippen LogP contribution in [-0.2, 0) is 4.74 Å². The van der Waals surface area contributed by atoms with Gasteiger partial charge in [-0.25, -0.2) is 0 Å². The molecule has 3 rings (SSSR count). The van der Waals surface area contributed by atoms with E-state index in [0.717, 1.165) is 18.8 Å². The lowest BCUT2D eigenvalue weighted by atomic mass is 10.1. The molecule has 1 fully saturated rings. The van der Waals surface area contributed by atoms with Gasteiger partial charge in [0, 0.05) is 18.7 Å². The SMILES string of the molecule is CCOc1c(Br)cc(C(=O)Nc2cccc(Cl)c2N2CCOCC2)cc1OC. The minimum atomic E-state index is -0.265. The summed E-state index contributed by atoms with van der Waals surface area (Å²) in [6.07, 6.45) is 0. The van der Waals surface area contributed by atoms with Crippen molar-refractivity contribution >= 4 is 44.8 Å². The fourth-order valence-corrected chi connectivity index (χ4v) is 3.90. The lowest BCUT2D eigenvalue weighted by molar-refractivity contribution is 0.102. The molecule has 0 aliphatic carbocycles. The molecule has 1 saturated heterocycles. The molecule has 1 heterocycles. The summed E-state index contributed by atoms with van der Waals surface area (Å²) in [4.78, 5) is 15.1. The predicted octanol–water partition coefficient (Wildman–Crippen LogP) is 4.60. The maximum Gasteiger partial charge on any atom is 0.255 e. The zero-order chi connectivity index (χ0) is 20.1. The van der Waals surface area contributed by atoms with Gasteiger partial charge >= 0.3 is 0 Å². The molecule has 0 atom stereocenters. The second kappa shape index (κ2) is 9.49. The lowest BCUT2D eigenvalue weighted by Gasteiger charge is -2.31. The monoisotopic (exact) mass is 468 g/mol. The first-order chi connectivity index (χ1) is 13.5. The maximum atomic E-state index is 12.9. The molecule has 0 bridgehead atoms. The van der Waals surface area contributed by atoms with Crippen molar-refractivity contribution in [2.24, 2.45) is 0 Å². The number of methoxy groups -OCH3 is 1. The van der Waals surface area contributed by atoms with E-state index in [0.29, 0.717) is 52.1 Å². The number of nitrogens with one attached hydrogen (secondary N) is 1. The van der Waals surface area contributed by atoms with Gasteiger partial charge < -0.3 is 24.4 Å². The average Bonchev–Trinajstić information content (AvgIpc) is 2.70. The van der Waals surface area contributed by atoms with Gasteiger partial charge in [-0.1, -0.05) is 17.7 Å². The van der Waals surface area contributed by atoms with Gasteiger partial charge in [-0.05, 0) is 47.1 Å². The van der Waals surface area contributed by atoms with Crippen LogP contribution in [0.2, 0.25) is 5.02 Å². The molecule has 1 amide bonds. The second-order valence-corrected chi connectivity index (χ2v) is 7.37. The number of hydrogen-bond acceptors (Lipinski definition) is 5. The molecule has 0 saturated carbocycles. The van der Waals surface area contributed by atoms with Gasteiger partial charge in [-0.2, -0.15) is 0 Å². The minimum absolute atomic E-state index is 0.265. The molecule has 1 aliphatic heterocycles. The molecular formula is C20H22BrClN2O4. The standard InChI is InChI=1S/C20H22BrClN2O4/c1-3-28-19-14(21)11-13(12-17(19)26-2)20(25)23-16-6-4-5-15(22)18(16)24-7-9-27-10-8-24/h4-6,11-12H,3,7-10H2,1-2H3,(H,23,25). The Morgan fingerprint density at radius 2 is 2.07 bits per heavy atom. The van der Waals surface area contributed by atoms with Gasteiger partial charge in [-0.15, -0.1) is 0 Å². The van der Waals surface area contributed by atoms with Gasteiger partial charge in [0.2, 0.25) is 0 Å². The summed E-state index contributed by atoms with van der Waals surface area (Å²) in [6.45, 7) is 5.07. The number of nitrogens with zero attached hydrogens (tertiary/aromatic N) is 1. The smallest absolute Gasteiger partial charge is 0.255 e. The molecule has 6 nitrogen and oxygen atoms in total. The van der Waals surface area contributed by atoms with Crippen molar-refractivity contribution in [1.29, 1.82) is 0 Å². The highest BCUT2D eigenvalue weighted by Gasteiger charge is 2.21. The number of para-hydroxylation sites is 1. The molecule has 0 unspecified atom stereocenters. The lowest BCUT2D eigenvalue weighted by Crippen LogP contribution is -2.37. The number of carbonyl (C=O) groups is 1. The van der Waals surface area contributed by atoms with Gasteiger partial charge in [0.05, 0.1) is 47.8 Å². The summed E-state index contributed by atoms with van der Waals surface area (Å²) in [7, 11) is 1.54. The Morgan fingerprint density at radius 1 is 1.32 bits per heavy atom. The predicted molar refractivity (Wildman–Crippen MR) is 114 cm³/mol. The number of rotatable bonds is 6. The van der Waals surface area contributed by atoms with E-state index >= 15 is 0 Å². The number of amides is 1. The summed E-state index contributed by atoms with van der Waals surface area (Å²) in [6, 6.07) is 8.84. The van der Waals surface area contributed by atoms with Crippen molar-refractivity contribution in [2.45, 2.75) is 6.92 Å². The van der Waals surface area contributed by atoms with Crippen molar-refractivity contribution in [1.82, 2.24) is 0 Å². The Bertz CT molecular complexity index is 856. The number of benzene rings is 2. The van der Waals surface area contributed by atoms with E-state index in [1.165, 1.54) is 0 Å². The maximum absolute atomic E-state index is 12.9. The Balaban J connectivity index is 1.89. The van der Waals surface area contributed by atoms with Gasteiger partial charge in [0.15, 0.2) is 11.5 Å². The fraction of sp³-hybridized carbons (Fsp3) is 0.350. The largest absolute Gasteiger partial charge is 0.493 e. The van der Waals surface area contributed by atoms with Crippen LogP contribution in [0.4, 0.5) is 11.4 Å². The fourth-order valence-electron chi connectivity index (χ4n) is 3.05. The van der Waals surface area contributed by atoms with Crippen molar-refractivity contribution < 1.29 is 19.0 Å². The number of carbonyl (C=O) groups excluding carboxylic acids is 1. The number of ether oxygens (including phenoxy) is 3. The number of hydrogen-bond donors (Lipinski definition) is 1. The normalized spacial score (nSPS) is 13.9. The van der Waals surface area contributed by atoms with Crippen LogP contribution in [0.5, 0.6) is 11.5 Å². The molecular weight excluding hydrogens is 448 g/mol. The molecule has 1 N–H and O–H groups in total. The summed E-state index contributed by atoms with van der Waals surface area (Å²) in [5.74, 6) is 0.790. The second-order valence-electron chi connectivity index (χ2n) is 6.11.